The molecule has 0 bridgehead atoms. The first-order valence-electron chi connectivity index (χ1n) is 8.30. The average Bonchev–Trinajstić information content (AvgIpc) is 2.96. The number of benzene rings is 1. The first kappa shape index (κ1) is 15.2. The number of nitrogens with one attached hydrogen (secondary N) is 1. The van der Waals surface area contributed by atoms with Crippen LogP contribution in [-0.2, 0) is 6.54 Å². The van der Waals surface area contributed by atoms with Gasteiger partial charge in [0.05, 0.1) is 0 Å². The van der Waals surface area contributed by atoms with Crippen molar-refractivity contribution in [1.82, 2.24) is 4.90 Å². The normalized spacial score (nSPS) is 25.9. The fourth-order valence-electron chi connectivity index (χ4n) is 3.34. The summed E-state index contributed by atoms with van der Waals surface area (Å²) in [5.74, 6) is 2.53. The molecule has 0 aliphatic carbocycles. The van der Waals surface area contributed by atoms with Crippen LogP contribution in [0.2, 0.25) is 0 Å². The van der Waals surface area contributed by atoms with Gasteiger partial charge in [0.15, 0.2) is 0 Å². The van der Waals surface area contributed by atoms with Gasteiger partial charge in [-0.05, 0) is 55.1 Å². The maximum Gasteiger partial charge on any atom is 0.0403 e. The Morgan fingerprint density at radius 1 is 1.24 bits per heavy atom. The van der Waals surface area contributed by atoms with Gasteiger partial charge in [-0.25, -0.2) is 0 Å². The molecule has 3 rings (SSSR count). The summed E-state index contributed by atoms with van der Waals surface area (Å²) in [6.45, 7) is 8.45. The molecule has 2 heterocycles. The lowest BCUT2D eigenvalue weighted by molar-refractivity contribution is 0.304. The van der Waals surface area contributed by atoms with E-state index in [4.69, 9.17) is 0 Å². The van der Waals surface area contributed by atoms with Gasteiger partial charge in [0.1, 0.15) is 0 Å². The van der Waals surface area contributed by atoms with Crippen LogP contribution in [0.25, 0.3) is 0 Å². The van der Waals surface area contributed by atoms with Crippen molar-refractivity contribution in [2.75, 3.05) is 29.9 Å². The van der Waals surface area contributed by atoms with E-state index in [0.29, 0.717) is 11.5 Å². The summed E-state index contributed by atoms with van der Waals surface area (Å²) >= 11 is 2.09. The van der Waals surface area contributed by atoms with Gasteiger partial charge in [-0.1, -0.05) is 32.0 Å². The molecule has 116 valence electrons. The number of hydrogen-bond donors (Lipinski definition) is 1. The number of nitrogens with zero attached hydrogens (tertiary/aromatic N) is 1. The lowest BCUT2D eigenvalue weighted by Crippen LogP contribution is -2.42. The molecule has 0 radical (unpaired) electrons. The average molecular weight is 305 g/mol. The smallest absolute Gasteiger partial charge is 0.0403 e. The van der Waals surface area contributed by atoms with E-state index in [1.807, 2.05) is 0 Å². The van der Waals surface area contributed by atoms with Crippen LogP contribution >= 0.6 is 11.8 Å². The third-order valence-corrected chi connectivity index (χ3v) is 6.12. The Labute approximate surface area is 133 Å². The van der Waals surface area contributed by atoms with Gasteiger partial charge in [0.25, 0.3) is 0 Å². The van der Waals surface area contributed by atoms with Gasteiger partial charge in [0.2, 0.25) is 0 Å². The highest BCUT2D eigenvalue weighted by molar-refractivity contribution is 7.99. The van der Waals surface area contributed by atoms with Crippen LogP contribution in [0.5, 0.6) is 0 Å². The lowest BCUT2D eigenvalue weighted by atomic mass is 9.82. The molecule has 0 spiro atoms. The third kappa shape index (κ3) is 3.75. The predicted octanol–water partition coefficient (Wildman–Crippen LogP) is 4.23. The first-order valence-corrected chi connectivity index (χ1v) is 9.45. The second kappa shape index (κ2) is 6.62. The van der Waals surface area contributed by atoms with Gasteiger partial charge < -0.3 is 5.32 Å². The zero-order valence-electron chi connectivity index (χ0n) is 13.4. The zero-order chi connectivity index (χ0) is 14.7. The van der Waals surface area contributed by atoms with Crippen molar-refractivity contribution in [3.8, 4) is 0 Å². The second-order valence-corrected chi connectivity index (χ2v) is 8.30. The van der Waals surface area contributed by atoms with Crippen molar-refractivity contribution in [2.45, 2.75) is 45.7 Å². The van der Waals surface area contributed by atoms with Crippen LogP contribution < -0.4 is 5.32 Å². The molecule has 1 aromatic carbocycles. The molecular weight excluding hydrogens is 276 g/mol. The molecule has 1 unspecified atom stereocenters. The third-order valence-electron chi connectivity index (χ3n) is 5.06. The number of likely N-dealkylation sites (tertiary alicyclic amines) is 1. The van der Waals surface area contributed by atoms with Crippen LogP contribution in [0, 0.1) is 5.41 Å². The quantitative estimate of drug-likeness (QED) is 0.896. The highest BCUT2D eigenvalue weighted by atomic mass is 32.2. The molecule has 2 saturated heterocycles. The Bertz CT molecular complexity index is 466. The molecule has 21 heavy (non-hydrogen) atoms. The van der Waals surface area contributed by atoms with Crippen molar-refractivity contribution in [3.63, 3.8) is 0 Å². The maximum atomic E-state index is 3.87. The fourth-order valence-corrected chi connectivity index (χ4v) is 4.95. The van der Waals surface area contributed by atoms with Gasteiger partial charge in [0, 0.05) is 24.0 Å². The molecule has 1 aromatic rings. The van der Waals surface area contributed by atoms with Crippen molar-refractivity contribution >= 4 is 17.4 Å². The molecular formula is C18H28N2S. The summed E-state index contributed by atoms with van der Waals surface area (Å²) in [5.41, 5.74) is 3.21. The Kier molecular flexibility index (Phi) is 4.80. The molecule has 3 heteroatoms. The second-order valence-electron chi connectivity index (χ2n) is 7.15. The van der Waals surface area contributed by atoms with Crippen molar-refractivity contribution in [3.05, 3.63) is 29.8 Å². The van der Waals surface area contributed by atoms with Crippen LogP contribution in [0.1, 0.15) is 38.7 Å². The molecule has 2 fully saturated rings. The van der Waals surface area contributed by atoms with E-state index in [1.54, 1.807) is 0 Å². The number of thioether (sulfide) groups is 1. The molecule has 0 amide bonds. The van der Waals surface area contributed by atoms with E-state index < -0.39 is 0 Å². The number of hydrogen-bond acceptors (Lipinski definition) is 3. The summed E-state index contributed by atoms with van der Waals surface area (Å²) in [6.07, 6.45) is 4.04. The van der Waals surface area contributed by atoms with E-state index >= 15 is 0 Å². The minimum Gasteiger partial charge on any atom is -0.381 e. The molecule has 2 aliphatic heterocycles. The molecule has 0 saturated carbocycles. The summed E-state index contributed by atoms with van der Waals surface area (Å²) in [4.78, 5) is 2.58. The maximum absolute atomic E-state index is 3.87. The van der Waals surface area contributed by atoms with Crippen LogP contribution in [0.3, 0.4) is 0 Å². The molecule has 0 aromatic heterocycles. The SMILES string of the molecule is CC1(C)CCSCC1Nc1ccccc1CN1CCCC1. The topological polar surface area (TPSA) is 15.3 Å². The van der Waals surface area contributed by atoms with E-state index in [0.717, 1.165) is 6.54 Å². The highest BCUT2D eigenvalue weighted by Crippen LogP contribution is 2.36. The number of rotatable bonds is 4. The monoisotopic (exact) mass is 304 g/mol. The Balaban J connectivity index is 1.72. The van der Waals surface area contributed by atoms with Crippen molar-refractivity contribution in [1.29, 1.82) is 0 Å². The largest absolute Gasteiger partial charge is 0.381 e. The fraction of sp³-hybridized carbons (Fsp3) is 0.667. The van der Waals surface area contributed by atoms with Crippen molar-refractivity contribution in [2.24, 2.45) is 5.41 Å². The summed E-state index contributed by atoms with van der Waals surface area (Å²) in [6, 6.07) is 9.48. The number of para-hydroxylation sites is 1. The first-order chi connectivity index (χ1) is 10.1. The van der Waals surface area contributed by atoms with Crippen LogP contribution in [-0.4, -0.2) is 35.5 Å². The van der Waals surface area contributed by atoms with Crippen molar-refractivity contribution < 1.29 is 0 Å². The minimum absolute atomic E-state index is 0.395. The Morgan fingerprint density at radius 2 is 2.00 bits per heavy atom. The Hall–Kier alpha value is -0.670. The van der Waals surface area contributed by atoms with E-state index in [-0.39, 0.29) is 0 Å². The molecule has 1 N–H and O–H groups in total. The van der Waals surface area contributed by atoms with Crippen LogP contribution in [0.15, 0.2) is 24.3 Å². The Morgan fingerprint density at radius 3 is 2.76 bits per heavy atom. The summed E-state index contributed by atoms with van der Waals surface area (Å²) in [7, 11) is 0. The highest BCUT2D eigenvalue weighted by Gasteiger charge is 2.32. The van der Waals surface area contributed by atoms with Gasteiger partial charge >= 0.3 is 0 Å². The lowest BCUT2D eigenvalue weighted by Gasteiger charge is -2.39. The predicted molar refractivity (Wildman–Crippen MR) is 94.1 cm³/mol. The van der Waals surface area contributed by atoms with E-state index in [2.05, 4.69) is 60.1 Å². The van der Waals surface area contributed by atoms with E-state index in [9.17, 15) is 0 Å². The van der Waals surface area contributed by atoms with Gasteiger partial charge in [-0.2, -0.15) is 11.8 Å². The minimum atomic E-state index is 0.395. The molecule has 2 nitrogen and oxygen atoms in total. The summed E-state index contributed by atoms with van der Waals surface area (Å²) < 4.78 is 0. The van der Waals surface area contributed by atoms with Gasteiger partial charge in [-0.15, -0.1) is 0 Å². The van der Waals surface area contributed by atoms with Gasteiger partial charge in [-0.3, -0.25) is 4.90 Å². The van der Waals surface area contributed by atoms with Crippen LogP contribution in [0.4, 0.5) is 5.69 Å². The zero-order valence-corrected chi connectivity index (χ0v) is 14.2. The summed E-state index contributed by atoms with van der Waals surface area (Å²) in [5, 5.41) is 3.87. The standard InChI is InChI=1S/C18H28N2S/c1-18(2)9-12-21-14-17(18)19-16-8-4-3-7-15(16)13-20-10-5-6-11-20/h3-4,7-8,17,19H,5-6,9-14H2,1-2H3. The molecule has 2 aliphatic rings. The number of anilines is 1. The van der Waals surface area contributed by atoms with E-state index in [1.165, 1.54) is 55.1 Å². The molecule has 1 atom stereocenters.